The topological polar surface area (TPSA) is 12.9 Å². The Kier molecular flexibility index (Phi) is 2.18. The zero-order valence-corrected chi connectivity index (χ0v) is 9.17. The molecule has 3 aromatic rings. The molecule has 16 heavy (non-hydrogen) atoms. The van der Waals surface area contributed by atoms with Crippen molar-refractivity contribution in [2.24, 2.45) is 0 Å². The van der Waals surface area contributed by atoms with Gasteiger partial charge in [-0.3, -0.25) is 0 Å². The lowest BCUT2D eigenvalue weighted by Gasteiger charge is -1.94. The number of thiazole rings is 1. The molecule has 1 heterocycles. The molecule has 0 saturated heterocycles. The summed E-state index contributed by atoms with van der Waals surface area (Å²) in [5.41, 5.74) is 1.95. The molecule has 0 bridgehead atoms. The molecular weight excluding hydrogens is 220 g/mol. The van der Waals surface area contributed by atoms with Gasteiger partial charge in [0.25, 0.3) is 0 Å². The lowest BCUT2D eigenvalue weighted by molar-refractivity contribution is 0.628. The Morgan fingerprint density at radius 2 is 1.69 bits per heavy atom. The largest absolute Gasteiger partial charge is 0.236 e. The van der Waals surface area contributed by atoms with Gasteiger partial charge in [-0.25, -0.2) is 9.37 Å². The average molecular weight is 228 g/mol. The molecule has 3 rings (SSSR count). The van der Waals surface area contributed by atoms with E-state index in [1.807, 2.05) is 24.3 Å². The van der Waals surface area contributed by atoms with Gasteiger partial charge in [0.15, 0.2) is 0 Å². The van der Waals surface area contributed by atoms with Crippen LogP contribution in [0.1, 0.15) is 0 Å². The van der Waals surface area contributed by atoms with Gasteiger partial charge >= 0.3 is 0 Å². The molecule has 1 nitrogen and oxygen atoms in total. The molecule has 0 fully saturated rings. The van der Waals surface area contributed by atoms with E-state index in [1.54, 1.807) is 23.5 Å². The van der Waals surface area contributed by atoms with E-state index in [1.165, 1.54) is 12.1 Å². The Balaban J connectivity index is 2.15. The fourth-order valence-corrected chi connectivity index (χ4v) is 2.56. The number of para-hydroxylation sites is 1. The molecule has 0 aliphatic heterocycles. The normalized spacial score (nSPS) is 10.8. The number of rotatable bonds is 1. The minimum absolute atomic E-state index is 0.218. The van der Waals surface area contributed by atoms with Crippen molar-refractivity contribution in [3.8, 4) is 10.6 Å². The highest BCUT2D eigenvalue weighted by Gasteiger charge is 2.05. The van der Waals surface area contributed by atoms with E-state index in [0.717, 1.165) is 20.8 Å². The molecule has 0 atom stereocenters. The molecule has 2 aromatic carbocycles. The molecule has 0 amide bonds. The zero-order chi connectivity index (χ0) is 11.0. The smallest absolute Gasteiger partial charge is 0.124 e. The predicted octanol–water partition coefficient (Wildman–Crippen LogP) is 4.10. The lowest BCUT2D eigenvalue weighted by Crippen LogP contribution is -1.76. The van der Waals surface area contributed by atoms with Crippen LogP contribution in [0.3, 0.4) is 0 Å². The highest BCUT2D eigenvalue weighted by molar-refractivity contribution is 7.21. The van der Waals surface area contributed by atoms with Crippen molar-refractivity contribution in [3.63, 3.8) is 0 Å². The Morgan fingerprint density at radius 1 is 0.938 bits per heavy atom. The van der Waals surface area contributed by atoms with E-state index >= 15 is 0 Å². The highest BCUT2D eigenvalue weighted by atomic mass is 32.1. The predicted molar refractivity (Wildman–Crippen MR) is 65.0 cm³/mol. The number of hydrogen-bond acceptors (Lipinski definition) is 2. The van der Waals surface area contributed by atoms with Gasteiger partial charge in [0.1, 0.15) is 10.8 Å². The molecule has 78 valence electrons. The van der Waals surface area contributed by atoms with Crippen molar-refractivity contribution >= 4 is 21.6 Å². The number of aromatic nitrogens is 1. The van der Waals surface area contributed by atoms with Crippen LogP contribution in [0, 0.1) is 5.82 Å². The van der Waals surface area contributed by atoms with Crippen LogP contribution in [0.15, 0.2) is 48.5 Å². The molecule has 0 unspecified atom stereocenters. The van der Waals surface area contributed by atoms with Gasteiger partial charge in [0, 0.05) is 5.56 Å². The summed E-state index contributed by atoms with van der Waals surface area (Å²) in [6.07, 6.45) is 0. The van der Waals surface area contributed by atoms with Crippen LogP contribution < -0.4 is 0 Å². The average Bonchev–Trinajstić information content (AvgIpc) is 2.73. The van der Waals surface area contributed by atoms with E-state index in [0.29, 0.717) is 0 Å². The second kappa shape index (κ2) is 3.68. The zero-order valence-electron chi connectivity index (χ0n) is 8.35. The summed E-state index contributed by atoms with van der Waals surface area (Å²) < 4.78 is 13.9. The lowest BCUT2D eigenvalue weighted by atomic mass is 10.2. The second-order valence-corrected chi connectivity index (χ2v) is 4.52. The van der Waals surface area contributed by atoms with Crippen molar-refractivity contribution < 1.29 is 4.39 Å². The maximum absolute atomic E-state index is 12.8. The summed E-state index contributed by atoms with van der Waals surface area (Å²) in [7, 11) is 0. The van der Waals surface area contributed by atoms with Crippen LogP contribution in [-0.2, 0) is 0 Å². The molecule has 0 radical (unpaired) electrons. The first kappa shape index (κ1) is 9.48. The Bertz CT molecular complexity index is 595. The van der Waals surface area contributed by atoms with Gasteiger partial charge in [-0.2, -0.15) is 0 Å². The van der Waals surface area contributed by atoms with Crippen LogP contribution >= 0.6 is 11.3 Å². The van der Waals surface area contributed by atoms with Crippen LogP contribution in [-0.4, -0.2) is 4.98 Å². The van der Waals surface area contributed by atoms with E-state index in [9.17, 15) is 4.39 Å². The molecule has 1 aromatic heterocycles. The second-order valence-electron chi connectivity index (χ2n) is 3.49. The highest BCUT2D eigenvalue weighted by Crippen LogP contribution is 2.29. The Morgan fingerprint density at radius 3 is 2.44 bits per heavy atom. The van der Waals surface area contributed by atoms with E-state index in [4.69, 9.17) is 0 Å². The molecule has 0 spiro atoms. The standard InChI is InChI=1S/C13H8FNS/c14-10-7-5-9(6-8-10)13-15-11-3-1-2-4-12(11)16-13/h1-8H/i14-1. The third-order valence-electron chi connectivity index (χ3n) is 2.39. The van der Waals surface area contributed by atoms with Crippen molar-refractivity contribution in [2.75, 3.05) is 0 Å². The SMILES string of the molecule is [18F]c1ccc(-c2nc3ccccc3s2)cc1. The van der Waals surface area contributed by atoms with Crippen LogP contribution in [0.25, 0.3) is 20.8 Å². The van der Waals surface area contributed by atoms with Gasteiger partial charge in [-0.1, -0.05) is 12.1 Å². The summed E-state index contributed by atoms with van der Waals surface area (Å²) in [4.78, 5) is 4.51. The number of nitrogens with zero attached hydrogens (tertiary/aromatic N) is 1. The minimum atomic E-state index is -0.218. The van der Waals surface area contributed by atoms with Gasteiger partial charge in [-0.15, -0.1) is 11.3 Å². The Labute approximate surface area is 96.2 Å². The molecule has 0 aliphatic rings. The third-order valence-corrected chi connectivity index (χ3v) is 3.47. The fourth-order valence-electron chi connectivity index (χ4n) is 1.59. The summed E-state index contributed by atoms with van der Waals surface area (Å²) in [5.74, 6) is -0.218. The molecule has 3 heteroatoms. The van der Waals surface area contributed by atoms with E-state index in [2.05, 4.69) is 4.98 Å². The maximum Gasteiger partial charge on any atom is 0.124 e. The summed E-state index contributed by atoms with van der Waals surface area (Å²) in [6.45, 7) is 0. The van der Waals surface area contributed by atoms with Crippen molar-refractivity contribution in [1.82, 2.24) is 4.98 Å². The van der Waals surface area contributed by atoms with E-state index in [-0.39, 0.29) is 5.82 Å². The summed E-state index contributed by atoms with van der Waals surface area (Å²) >= 11 is 1.62. The summed E-state index contributed by atoms with van der Waals surface area (Å²) in [6, 6.07) is 14.4. The first-order valence-corrected chi connectivity index (χ1v) is 5.76. The summed E-state index contributed by atoms with van der Waals surface area (Å²) in [5, 5.41) is 0.932. The molecule has 0 saturated carbocycles. The van der Waals surface area contributed by atoms with Crippen molar-refractivity contribution in [2.45, 2.75) is 0 Å². The van der Waals surface area contributed by atoms with Crippen molar-refractivity contribution in [3.05, 3.63) is 54.3 Å². The Hall–Kier alpha value is -1.74. The van der Waals surface area contributed by atoms with Gasteiger partial charge in [-0.05, 0) is 36.4 Å². The number of benzene rings is 2. The van der Waals surface area contributed by atoms with Gasteiger partial charge in [0.05, 0.1) is 10.2 Å². The maximum atomic E-state index is 12.8. The number of fused-ring (bicyclic) bond motifs is 1. The van der Waals surface area contributed by atoms with E-state index < -0.39 is 0 Å². The van der Waals surface area contributed by atoms with Crippen LogP contribution in [0.4, 0.5) is 4.39 Å². The third kappa shape index (κ3) is 1.59. The van der Waals surface area contributed by atoms with Crippen LogP contribution in [0.5, 0.6) is 0 Å². The fraction of sp³-hybridized carbons (Fsp3) is 0. The molecular formula is C13H8FNS. The van der Waals surface area contributed by atoms with Crippen molar-refractivity contribution in [1.29, 1.82) is 0 Å². The molecule has 0 aliphatic carbocycles. The van der Waals surface area contributed by atoms with Gasteiger partial charge in [0.2, 0.25) is 0 Å². The van der Waals surface area contributed by atoms with Gasteiger partial charge < -0.3 is 0 Å². The molecule has 0 N–H and O–H groups in total. The first-order valence-electron chi connectivity index (χ1n) is 4.94. The number of hydrogen-bond donors (Lipinski definition) is 0. The number of halogens is 1. The van der Waals surface area contributed by atoms with Crippen LogP contribution in [0.2, 0.25) is 0 Å². The first-order chi connectivity index (χ1) is 7.83. The monoisotopic (exact) mass is 228 g/mol. The quantitative estimate of drug-likeness (QED) is 0.611. The minimum Gasteiger partial charge on any atom is -0.236 e.